The number of carbonyl (C=O) groups is 3. The number of amides is 2. The summed E-state index contributed by atoms with van der Waals surface area (Å²) < 4.78 is 5.69. The largest absolute Gasteiger partial charge is 0.480 e. The highest BCUT2D eigenvalue weighted by Crippen LogP contribution is 2.44. The van der Waals surface area contributed by atoms with Gasteiger partial charge in [0.15, 0.2) is 0 Å². The van der Waals surface area contributed by atoms with E-state index < -0.39 is 23.5 Å². The molecule has 0 bridgehead atoms. The van der Waals surface area contributed by atoms with E-state index in [0.717, 1.165) is 35.1 Å². The molecule has 2 aliphatic rings. The second-order valence-electron chi connectivity index (χ2n) is 9.91. The van der Waals surface area contributed by atoms with E-state index in [4.69, 9.17) is 4.74 Å². The lowest BCUT2D eigenvalue weighted by Crippen LogP contribution is -2.58. The van der Waals surface area contributed by atoms with Crippen LogP contribution in [0.3, 0.4) is 0 Å². The van der Waals surface area contributed by atoms with E-state index >= 15 is 0 Å². The van der Waals surface area contributed by atoms with Crippen molar-refractivity contribution in [3.05, 3.63) is 59.7 Å². The molecule has 7 heteroatoms. The van der Waals surface area contributed by atoms with Crippen molar-refractivity contribution in [1.82, 2.24) is 10.2 Å². The molecule has 1 fully saturated rings. The molecule has 2 aromatic carbocycles. The summed E-state index contributed by atoms with van der Waals surface area (Å²) >= 11 is 0. The molecule has 2 aliphatic carbocycles. The van der Waals surface area contributed by atoms with E-state index in [9.17, 15) is 19.5 Å². The van der Waals surface area contributed by atoms with Gasteiger partial charge in [0.25, 0.3) is 0 Å². The van der Waals surface area contributed by atoms with E-state index in [1.54, 1.807) is 6.92 Å². The number of aliphatic carboxylic acids is 1. The monoisotopic (exact) mass is 478 g/mol. The normalized spacial score (nSPS) is 19.4. The highest BCUT2D eigenvalue weighted by atomic mass is 16.5. The molecule has 0 aliphatic heterocycles. The number of carbonyl (C=O) groups excluding carboxylic acids is 2. The van der Waals surface area contributed by atoms with Gasteiger partial charge in [-0.25, -0.2) is 9.59 Å². The minimum absolute atomic E-state index is 0.0381. The molecule has 186 valence electrons. The fourth-order valence-corrected chi connectivity index (χ4v) is 5.53. The zero-order valence-electron chi connectivity index (χ0n) is 20.6. The van der Waals surface area contributed by atoms with Crippen LogP contribution < -0.4 is 5.32 Å². The second kappa shape index (κ2) is 10.1. The predicted octanol–water partition coefficient (Wildman–Crippen LogP) is 4.80. The van der Waals surface area contributed by atoms with Gasteiger partial charge in [0, 0.05) is 18.5 Å². The van der Waals surface area contributed by atoms with Gasteiger partial charge in [0.05, 0.1) is 5.92 Å². The Hall–Kier alpha value is -3.35. The lowest BCUT2D eigenvalue weighted by molar-refractivity contribution is -0.159. The first kappa shape index (κ1) is 24.8. The van der Waals surface area contributed by atoms with E-state index in [1.807, 2.05) is 24.3 Å². The minimum atomic E-state index is -1.32. The van der Waals surface area contributed by atoms with Crippen LogP contribution in [0.5, 0.6) is 0 Å². The van der Waals surface area contributed by atoms with Gasteiger partial charge >= 0.3 is 12.1 Å². The Morgan fingerprint density at radius 1 is 1.00 bits per heavy atom. The molecular weight excluding hydrogens is 444 g/mol. The molecule has 7 nitrogen and oxygen atoms in total. The van der Waals surface area contributed by atoms with Crippen molar-refractivity contribution >= 4 is 18.0 Å². The summed E-state index contributed by atoms with van der Waals surface area (Å²) in [5.74, 6) is -1.79. The maximum atomic E-state index is 13.4. The summed E-state index contributed by atoms with van der Waals surface area (Å²) in [6.07, 6.45) is 2.49. The lowest BCUT2D eigenvalue weighted by Gasteiger charge is -2.40. The van der Waals surface area contributed by atoms with Gasteiger partial charge in [-0.1, -0.05) is 61.4 Å². The summed E-state index contributed by atoms with van der Waals surface area (Å²) in [6, 6.07) is 15.9. The standard InChI is InChI=1S/C28H34N2O5/c1-4-30(28(2,3)26(32)33)25(31)22-15-9-10-16-24(22)29-27(34)35-17-23-20-13-7-5-11-18(20)19-12-6-8-14-21(19)23/h5-8,11-14,22-24H,4,9-10,15-17H2,1-3H3,(H,29,34)(H,32,33)/t22-,24+/m1/s1. The summed E-state index contributed by atoms with van der Waals surface area (Å²) in [4.78, 5) is 39.4. The van der Waals surface area contributed by atoms with E-state index in [0.29, 0.717) is 12.8 Å². The van der Waals surface area contributed by atoms with Crippen molar-refractivity contribution in [2.24, 2.45) is 5.92 Å². The molecule has 35 heavy (non-hydrogen) atoms. The third kappa shape index (κ3) is 4.77. The van der Waals surface area contributed by atoms with Crippen LogP contribution in [0, 0.1) is 5.92 Å². The van der Waals surface area contributed by atoms with Crippen LogP contribution in [0.2, 0.25) is 0 Å². The van der Waals surface area contributed by atoms with Crippen molar-refractivity contribution in [2.75, 3.05) is 13.2 Å². The Morgan fingerprint density at radius 2 is 1.57 bits per heavy atom. The number of nitrogens with one attached hydrogen (secondary N) is 1. The van der Waals surface area contributed by atoms with E-state index in [1.165, 1.54) is 18.7 Å². The number of ether oxygens (including phenoxy) is 1. The molecule has 0 radical (unpaired) electrons. The van der Waals surface area contributed by atoms with Gasteiger partial charge in [-0.15, -0.1) is 0 Å². The quantitative estimate of drug-likeness (QED) is 0.596. The van der Waals surface area contributed by atoms with Crippen molar-refractivity contribution in [3.63, 3.8) is 0 Å². The molecular formula is C28H34N2O5. The molecule has 2 N–H and O–H groups in total. The number of nitrogens with zero attached hydrogens (tertiary/aromatic N) is 1. The molecule has 2 amide bonds. The molecule has 4 rings (SSSR count). The lowest BCUT2D eigenvalue weighted by atomic mass is 9.82. The number of rotatable bonds is 7. The Bertz CT molecular complexity index is 1070. The van der Waals surface area contributed by atoms with Gasteiger partial charge in [-0.05, 0) is 55.9 Å². The Morgan fingerprint density at radius 3 is 2.14 bits per heavy atom. The van der Waals surface area contributed by atoms with Gasteiger partial charge < -0.3 is 20.1 Å². The Labute approximate surface area is 206 Å². The van der Waals surface area contributed by atoms with Crippen LogP contribution >= 0.6 is 0 Å². The number of fused-ring (bicyclic) bond motifs is 3. The zero-order chi connectivity index (χ0) is 25.2. The fourth-order valence-electron chi connectivity index (χ4n) is 5.53. The number of hydrogen-bond donors (Lipinski definition) is 2. The minimum Gasteiger partial charge on any atom is -0.480 e. The highest BCUT2D eigenvalue weighted by Gasteiger charge is 2.42. The highest BCUT2D eigenvalue weighted by molar-refractivity contribution is 5.88. The third-order valence-corrected chi connectivity index (χ3v) is 7.51. The predicted molar refractivity (Wildman–Crippen MR) is 133 cm³/mol. The van der Waals surface area contributed by atoms with Gasteiger partial charge in [-0.3, -0.25) is 4.79 Å². The van der Waals surface area contributed by atoms with Crippen LogP contribution in [-0.2, 0) is 14.3 Å². The first-order chi connectivity index (χ1) is 16.8. The number of alkyl carbamates (subject to hydrolysis) is 1. The van der Waals surface area contributed by atoms with Crippen LogP contribution in [-0.4, -0.2) is 52.7 Å². The summed E-state index contributed by atoms with van der Waals surface area (Å²) in [6.45, 7) is 5.34. The van der Waals surface area contributed by atoms with Crippen LogP contribution in [0.15, 0.2) is 48.5 Å². The van der Waals surface area contributed by atoms with Gasteiger partial charge in [0.2, 0.25) is 5.91 Å². The fraction of sp³-hybridized carbons (Fsp3) is 0.464. The summed E-state index contributed by atoms with van der Waals surface area (Å²) in [7, 11) is 0. The molecule has 0 spiro atoms. The number of likely N-dealkylation sites (N-methyl/N-ethyl adjacent to an activating group) is 1. The number of benzene rings is 2. The number of hydrogen-bond acceptors (Lipinski definition) is 4. The van der Waals surface area contributed by atoms with Gasteiger partial charge in [0.1, 0.15) is 12.1 Å². The molecule has 0 saturated heterocycles. The number of carboxylic acid groups (broad SMARTS) is 1. The van der Waals surface area contributed by atoms with Crippen LogP contribution in [0.25, 0.3) is 11.1 Å². The molecule has 2 atom stereocenters. The molecule has 2 aromatic rings. The summed E-state index contributed by atoms with van der Waals surface area (Å²) in [5.41, 5.74) is 3.28. The smallest absolute Gasteiger partial charge is 0.407 e. The van der Waals surface area contributed by atoms with Crippen molar-refractivity contribution in [3.8, 4) is 11.1 Å². The first-order valence-corrected chi connectivity index (χ1v) is 12.4. The Balaban J connectivity index is 1.44. The van der Waals surface area contributed by atoms with E-state index in [-0.39, 0.29) is 31.0 Å². The molecule has 0 aromatic heterocycles. The van der Waals surface area contributed by atoms with Crippen LogP contribution in [0.4, 0.5) is 4.79 Å². The second-order valence-corrected chi connectivity index (χ2v) is 9.91. The number of carboxylic acids is 1. The molecule has 1 saturated carbocycles. The average Bonchev–Trinajstić information content (AvgIpc) is 3.17. The third-order valence-electron chi connectivity index (χ3n) is 7.51. The van der Waals surface area contributed by atoms with Crippen molar-refractivity contribution in [2.45, 2.75) is 64.0 Å². The maximum absolute atomic E-state index is 13.4. The van der Waals surface area contributed by atoms with Crippen molar-refractivity contribution < 1.29 is 24.2 Å². The first-order valence-electron chi connectivity index (χ1n) is 12.4. The van der Waals surface area contributed by atoms with Crippen LogP contribution in [0.1, 0.15) is 63.5 Å². The zero-order valence-corrected chi connectivity index (χ0v) is 20.6. The summed E-state index contributed by atoms with van der Waals surface area (Å²) in [5, 5.41) is 12.6. The average molecular weight is 479 g/mol. The maximum Gasteiger partial charge on any atom is 0.407 e. The Kier molecular flexibility index (Phi) is 7.15. The topological polar surface area (TPSA) is 95.9 Å². The van der Waals surface area contributed by atoms with Crippen molar-refractivity contribution in [1.29, 1.82) is 0 Å². The van der Waals surface area contributed by atoms with Gasteiger partial charge in [-0.2, -0.15) is 0 Å². The molecule has 0 heterocycles. The molecule has 0 unspecified atom stereocenters. The SMILES string of the molecule is CCN(C(=O)[C@@H]1CCCC[C@@H]1NC(=O)OCC1c2ccccc2-c2ccccc21)C(C)(C)C(=O)O. The van der Waals surface area contributed by atoms with E-state index in [2.05, 4.69) is 29.6 Å².